The van der Waals surface area contributed by atoms with E-state index in [-0.39, 0.29) is 22.4 Å². The number of alkyl halides is 6. The summed E-state index contributed by atoms with van der Waals surface area (Å²) in [5.74, 6) is -3.67. The van der Waals surface area contributed by atoms with Gasteiger partial charge in [0.1, 0.15) is 5.82 Å². The van der Waals surface area contributed by atoms with E-state index in [0.29, 0.717) is 18.4 Å². The van der Waals surface area contributed by atoms with Crippen molar-refractivity contribution >= 4 is 27.5 Å². The van der Waals surface area contributed by atoms with Gasteiger partial charge in [-0.15, -0.1) is 0 Å². The summed E-state index contributed by atoms with van der Waals surface area (Å²) in [4.78, 5) is 15.9. The summed E-state index contributed by atoms with van der Waals surface area (Å²) in [7, 11) is -5.73. The number of piperidine rings is 2. The minimum atomic E-state index is -5.73. The molecule has 2 heterocycles. The normalized spacial score (nSPS) is 17.8. The molecule has 0 unspecified atom stereocenters. The maximum atomic E-state index is 14.3. The molecule has 2 aromatic rings. The predicted molar refractivity (Wildman–Crippen MR) is 161 cm³/mol. The lowest BCUT2D eigenvalue weighted by Gasteiger charge is -2.32. The second kappa shape index (κ2) is 16.1. The Morgan fingerprint density at radius 2 is 1.28 bits per heavy atom. The molecule has 0 spiro atoms. The Bertz CT molecular complexity index is 1420. The van der Waals surface area contributed by atoms with E-state index in [4.69, 9.17) is 11.6 Å². The van der Waals surface area contributed by atoms with Gasteiger partial charge in [-0.25, -0.2) is 4.39 Å². The number of rotatable bonds is 9. The van der Waals surface area contributed by atoms with E-state index >= 15 is 0 Å². The van der Waals surface area contributed by atoms with Crippen LogP contribution >= 0.6 is 11.6 Å². The fourth-order valence-corrected chi connectivity index (χ4v) is 6.67. The minimum Gasteiger partial charge on any atom is -0.374 e. The molecule has 2 aliphatic heterocycles. The maximum absolute atomic E-state index is 14.3. The highest BCUT2D eigenvalue weighted by Gasteiger charge is 2.49. The standard InChI is InChI=1S/C16H19F4NO.C15H19ClF3NO3S/c1-2-8-21-9-6-11(7-10-21)12-4-3-5-13(14(12)17)15(22)16(18,19)20;1-2-8-20-9-6-11(7-10-20)12-4-3-5-13(14(12)16)23-24(21,22)15(17,18)19/h3-5,11H,2,6-10H2,1H3;3-5,11H,2,6-10H2,1H3. The van der Waals surface area contributed by atoms with Crippen molar-refractivity contribution in [2.75, 3.05) is 39.3 Å². The lowest BCUT2D eigenvalue weighted by Crippen LogP contribution is -2.34. The highest BCUT2D eigenvalue weighted by molar-refractivity contribution is 7.88. The van der Waals surface area contributed by atoms with Crippen molar-refractivity contribution < 1.29 is 48.1 Å². The number of hydrogen-bond acceptors (Lipinski definition) is 6. The van der Waals surface area contributed by atoms with Crippen molar-refractivity contribution in [1.82, 2.24) is 9.80 Å². The summed E-state index contributed by atoms with van der Waals surface area (Å²) in [6.45, 7) is 9.52. The zero-order valence-electron chi connectivity index (χ0n) is 25.6. The Morgan fingerprint density at radius 1 is 0.826 bits per heavy atom. The molecule has 0 saturated carbocycles. The average Bonchev–Trinajstić information content (AvgIpc) is 2.99. The quantitative estimate of drug-likeness (QED) is 0.113. The number of nitrogens with zero attached hydrogens (tertiary/aromatic N) is 2. The molecule has 2 aliphatic rings. The number of carbonyl (C=O) groups is 1. The lowest BCUT2D eigenvalue weighted by molar-refractivity contribution is -0.0887. The Morgan fingerprint density at radius 3 is 1.74 bits per heavy atom. The highest BCUT2D eigenvalue weighted by atomic mass is 35.5. The number of carbonyl (C=O) groups excluding carboxylic acids is 1. The average molecular weight is 703 g/mol. The smallest absolute Gasteiger partial charge is 0.374 e. The van der Waals surface area contributed by atoms with Crippen LogP contribution in [0.4, 0.5) is 30.7 Å². The van der Waals surface area contributed by atoms with Gasteiger partial charge in [-0.2, -0.15) is 34.8 Å². The van der Waals surface area contributed by atoms with E-state index in [1.54, 1.807) is 6.07 Å². The Balaban J connectivity index is 0.000000251. The summed E-state index contributed by atoms with van der Waals surface area (Å²) < 4.78 is 116. The van der Waals surface area contributed by atoms with Crippen LogP contribution in [-0.2, 0) is 10.1 Å². The molecule has 0 N–H and O–H groups in total. The van der Waals surface area contributed by atoms with E-state index in [0.717, 1.165) is 77.1 Å². The third kappa shape index (κ3) is 9.80. The number of halogens is 8. The van der Waals surface area contributed by atoms with Crippen LogP contribution in [0, 0.1) is 5.82 Å². The van der Waals surface area contributed by atoms with Gasteiger partial charge in [0.25, 0.3) is 5.78 Å². The molecule has 2 aromatic carbocycles. The molecule has 258 valence electrons. The first-order valence-corrected chi connectivity index (χ1v) is 16.9. The van der Waals surface area contributed by atoms with Gasteiger partial charge in [0.15, 0.2) is 5.75 Å². The number of hydrogen-bond donors (Lipinski definition) is 0. The minimum absolute atomic E-state index is 0.0701. The third-order valence-corrected chi connectivity index (χ3v) is 9.51. The largest absolute Gasteiger partial charge is 0.534 e. The van der Waals surface area contributed by atoms with Crippen LogP contribution in [0.2, 0.25) is 5.02 Å². The number of benzene rings is 2. The van der Waals surface area contributed by atoms with Crippen LogP contribution in [-0.4, -0.2) is 75.0 Å². The van der Waals surface area contributed by atoms with Crippen molar-refractivity contribution in [2.45, 2.75) is 75.9 Å². The number of likely N-dealkylation sites (tertiary alicyclic amines) is 2. The summed E-state index contributed by atoms with van der Waals surface area (Å²) in [6.07, 6.45) is 0.0636. The molecule has 0 aliphatic carbocycles. The topological polar surface area (TPSA) is 66.9 Å². The van der Waals surface area contributed by atoms with Crippen molar-refractivity contribution in [3.05, 3.63) is 63.9 Å². The molecule has 0 aromatic heterocycles. The van der Waals surface area contributed by atoms with Crippen LogP contribution in [0.5, 0.6) is 5.75 Å². The third-order valence-electron chi connectivity index (χ3n) is 8.14. The molecular weight excluding hydrogens is 665 g/mol. The molecule has 2 saturated heterocycles. The number of ketones is 1. The lowest BCUT2D eigenvalue weighted by atomic mass is 9.87. The second-order valence-electron chi connectivity index (χ2n) is 11.4. The van der Waals surface area contributed by atoms with Crippen LogP contribution in [0.1, 0.15) is 85.7 Å². The molecule has 15 heteroatoms. The van der Waals surface area contributed by atoms with Crippen LogP contribution in [0.25, 0.3) is 0 Å². The molecule has 0 amide bonds. The molecule has 2 fully saturated rings. The molecular formula is C31H38ClF7N2O4S. The summed E-state index contributed by atoms with van der Waals surface area (Å²) in [5.41, 5.74) is -5.51. The van der Waals surface area contributed by atoms with E-state index in [1.165, 1.54) is 18.2 Å². The molecule has 6 nitrogen and oxygen atoms in total. The van der Waals surface area contributed by atoms with Crippen molar-refractivity contribution in [3.63, 3.8) is 0 Å². The van der Waals surface area contributed by atoms with Crippen LogP contribution in [0.3, 0.4) is 0 Å². The zero-order chi connectivity index (χ0) is 34.3. The highest BCUT2D eigenvalue weighted by Crippen LogP contribution is 2.39. The summed E-state index contributed by atoms with van der Waals surface area (Å²) >= 11 is 6.13. The van der Waals surface area contributed by atoms with Crippen molar-refractivity contribution in [3.8, 4) is 5.75 Å². The van der Waals surface area contributed by atoms with Crippen LogP contribution < -0.4 is 4.18 Å². The van der Waals surface area contributed by atoms with E-state index in [2.05, 4.69) is 27.8 Å². The summed E-state index contributed by atoms with van der Waals surface area (Å²) in [6, 6.07) is 8.01. The fraction of sp³-hybridized carbons (Fsp3) is 0.581. The Labute approximate surface area is 270 Å². The maximum Gasteiger partial charge on any atom is 0.534 e. The number of Topliss-reactive ketones (excluding diaryl/α,β-unsaturated/α-hetero) is 1. The van der Waals surface area contributed by atoms with Gasteiger partial charge in [-0.3, -0.25) is 4.79 Å². The van der Waals surface area contributed by atoms with E-state index in [1.807, 2.05) is 0 Å². The SMILES string of the molecule is CCCN1CCC(c2cccc(C(=O)C(F)(F)F)c2F)CC1.CCCN1CCC(c2cccc(OS(=O)(=O)C(F)(F)F)c2Cl)CC1. The first-order valence-electron chi connectivity index (χ1n) is 15.1. The van der Waals surface area contributed by atoms with Crippen molar-refractivity contribution in [2.24, 2.45) is 0 Å². The molecule has 4 rings (SSSR count). The second-order valence-corrected chi connectivity index (χ2v) is 13.3. The van der Waals surface area contributed by atoms with Crippen molar-refractivity contribution in [1.29, 1.82) is 0 Å². The van der Waals surface area contributed by atoms with E-state index in [9.17, 15) is 43.9 Å². The van der Waals surface area contributed by atoms with Gasteiger partial charge >= 0.3 is 21.8 Å². The molecule has 0 bridgehead atoms. The van der Waals surface area contributed by atoms with E-state index < -0.39 is 44.7 Å². The van der Waals surface area contributed by atoms with Gasteiger partial charge in [0.2, 0.25) is 0 Å². The van der Waals surface area contributed by atoms with Gasteiger partial charge in [-0.1, -0.05) is 49.7 Å². The fourth-order valence-electron chi connectivity index (χ4n) is 5.83. The zero-order valence-corrected chi connectivity index (χ0v) is 27.1. The van der Waals surface area contributed by atoms with Gasteiger partial charge in [0.05, 0.1) is 10.6 Å². The van der Waals surface area contributed by atoms with Gasteiger partial charge in [-0.05, 0) is 113 Å². The molecule has 46 heavy (non-hydrogen) atoms. The van der Waals surface area contributed by atoms with Gasteiger partial charge in [0, 0.05) is 0 Å². The summed E-state index contributed by atoms with van der Waals surface area (Å²) in [5, 5.41) is -0.0701. The first kappa shape index (κ1) is 38.0. The molecule has 0 radical (unpaired) electrons. The predicted octanol–water partition coefficient (Wildman–Crippen LogP) is 8.32. The molecule has 0 atom stereocenters. The first-order chi connectivity index (χ1) is 21.5. The Hall–Kier alpha value is -2.42. The monoisotopic (exact) mass is 702 g/mol. The Kier molecular flexibility index (Phi) is 13.3. The van der Waals surface area contributed by atoms with Crippen LogP contribution in [0.15, 0.2) is 36.4 Å². The van der Waals surface area contributed by atoms with Gasteiger partial charge < -0.3 is 14.0 Å².